The highest BCUT2D eigenvalue weighted by molar-refractivity contribution is 5.97. The van der Waals surface area contributed by atoms with Gasteiger partial charge in [-0.05, 0) is 46.0 Å². The van der Waals surface area contributed by atoms with Crippen LogP contribution in [0.1, 0.15) is 46.7 Å². The second-order valence-electron chi connectivity index (χ2n) is 4.92. The maximum atomic E-state index is 11.4. The van der Waals surface area contributed by atoms with E-state index in [1.54, 1.807) is 10.8 Å². The van der Waals surface area contributed by atoms with Crippen molar-refractivity contribution in [3.05, 3.63) is 23.5 Å². The molecule has 18 heavy (non-hydrogen) atoms. The van der Waals surface area contributed by atoms with Gasteiger partial charge in [-0.25, -0.2) is 4.79 Å². The average Bonchev–Trinajstić information content (AvgIpc) is 2.75. The molecule has 0 amide bonds. The second-order valence-corrected chi connectivity index (χ2v) is 4.92. The predicted octanol–water partition coefficient (Wildman–Crippen LogP) is 1.66. The number of Topliss-reactive ketones (excluding diaryl/α,β-unsaturated/α-hetero) is 1. The summed E-state index contributed by atoms with van der Waals surface area (Å²) in [6.45, 7) is 3.37. The Labute approximate surface area is 106 Å². The number of hydrogen-bond donors (Lipinski definition) is 1. The molecule has 0 spiro atoms. The summed E-state index contributed by atoms with van der Waals surface area (Å²) in [5.74, 6) is -1.06. The van der Waals surface area contributed by atoms with Gasteiger partial charge in [0.2, 0.25) is 0 Å². The number of carbonyl (C=O) groups is 2. The topological polar surface area (TPSA) is 62.5 Å². The van der Waals surface area contributed by atoms with Gasteiger partial charge in [0.05, 0.1) is 0 Å². The minimum absolute atomic E-state index is 0.0934. The smallest absolute Gasteiger partial charge is 0.352 e. The van der Waals surface area contributed by atoms with Crippen LogP contribution in [0.25, 0.3) is 0 Å². The van der Waals surface area contributed by atoms with Crippen LogP contribution in [-0.4, -0.2) is 46.5 Å². The van der Waals surface area contributed by atoms with Crippen LogP contribution in [0.2, 0.25) is 0 Å². The van der Waals surface area contributed by atoms with E-state index in [0.717, 1.165) is 25.9 Å². The third kappa shape index (κ3) is 2.46. The van der Waals surface area contributed by atoms with Crippen molar-refractivity contribution >= 4 is 11.8 Å². The van der Waals surface area contributed by atoms with E-state index in [4.69, 9.17) is 0 Å². The first-order valence-corrected chi connectivity index (χ1v) is 6.13. The van der Waals surface area contributed by atoms with Crippen molar-refractivity contribution in [3.63, 3.8) is 0 Å². The predicted molar refractivity (Wildman–Crippen MR) is 67.2 cm³/mol. The van der Waals surface area contributed by atoms with Gasteiger partial charge in [-0.3, -0.25) is 4.79 Å². The van der Waals surface area contributed by atoms with Crippen molar-refractivity contribution in [2.75, 3.05) is 20.1 Å². The number of rotatable bonds is 3. The van der Waals surface area contributed by atoms with E-state index >= 15 is 0 Å². The normalized spacial score (nSPS) is 17.9. The first-order chi connectivity index (χ1) is 8.49. The fraction of sp³-hybridized carbons (Fsp3) is 0.538. The zero-order valence-corrected chi connectivity index (χ0v) is 10.7. The molecule has 0 bridgehead atoms. The van der Waals surface area contributed by atoms with Crippen molar-refractivity contribution in [2.45, 2.75) is 25.8 Å². The number of aromatic nitrogens is 1. The largest absolute Gasteiger partial charge is 0.477 e. The minimum atomic E-state index is -0.971. The number of nitrogens with zero attached hydrogens (tertiary/aromatic N) is 2. The molecule has 2 heterocycles. The number of hydrogen-bond acceptors (Lipinski definition) is 3. The third-order valence-corrected chi connectivity index (χ3v) is 3.56. The van der Waals surface area contributed by atoms with E-state index in [1.807, 2.05) is 0 Å². The molecule has 1 aliphatic rings. The molecular weight excluding hydrogens is 232 g/mol. The Balaban J connectivity index is 2.30. The SMILES string of the molecule is CC(=O)c1cc(C(=O)O)n(C2CCN(C)CC2)c1. The van der Waals surface area contributed by atoms with Crippen molar-refractivity contribution in [1.82, 2.24) is 9.47 Å². The maximum absolute atomic E-state index is 11.4. The molecule has 1 aromatic heterocycles. The highest BCUT2D eigenvalue weighted by atomic mass is 16.4. The van der Waals surface area contributed by atoms with Crippen LogP contribution in [0.5, 0.6) is 0 Å². The first-order valence-electron chi connectivity index (χ1n) is 6.13. The summed E-state index contributed by atoms with van der Waals surface area (Å²) in [5, 5.41) is 9.20. The van der Waals surface area contributed by atoms with Crippen LogP contribution in [0.15, 0.2) is 12.3 Å². The fourth-order valence-corrected chi connectivity index (χ4v) is 2.42. The number of carboxylic acids is 1. The third-order valence-electron chi connectivity index (χ3n) is 3.56. The number of carboxylic acid groups (broad SMARTS) is 1. The Morgan fingerprint density at radius 3 is 2.44 bits per heavy atom. The van der Waals surface area contributed by atoms with E-state index in [2.05, 4.69) is 11.9 Å². The van der Waals surface area contributed by atoms with Gasteiger partial charge in [0, 0.05) is 17.8 Å². The highest BCUT2D eigenvalue weighted by Gasteiger charge is 2.23. The summed E-state index contributed by atoms with van der Waals surface area (Å²) in [5.41, 5.74) is 0.695. The molecule has 1 aromatic rings. The van der Waals surface area contributed by atoms with E-state index in [9.17, 15) is 14.7 Å². The van der Waals surface area contributed by atoms with E-state index in [-0.39, 0.29) is 17.5 Å². The molecule has 0 radical (unpaired) electrons. The molecule has 0 unspecified atom stereocenters. The second kappa shape index (κ2) is 4.94. The number of likely N-dealkylation sites (tertiary alicyclic amines) is 1. The fourth-order valence-electron chi connectivity index (χ4n) is 2.42. The molecule has 1 saturated heterocycles. The maximum Gasteiger partial charge on any atom is 0.352 e. The lowest BCUT2D eigenvalue weighted by Crippen LogP contribution is -2.32. The van der Waals surface area contributed by atoms with Gasteiger partial charge in [0.1, 0.15) is 5.69 Å². The van der Waals surface area contributed by atoms with Gasteiger partial charge < -0.3 is 14.6 Å². The molecule has 2 rings (SSSR count). The molecule has 1 fully saturated rings. The lowest BCUT2D eigenvalue weighted by molar-refractivity contribution is 0.0679. The van der Waals surface area contributed by atoms with Crippen LogP contribution in [0.3, 0.4) is 0 Å². The molecule has 5 heteroatoms. The Hall–Kier alpha value is -1.62. The molecule has 0 aliphatic carbocycles. The van der Waals surface area contributed by atoms with Crippen LogP contribution in [0, 0.1) is 0 Å². The molecule has 0 saturated carbocycles. The quantitative estimate of drug-likeness (QED) is 0.829. The Bertz CT molecular complexity index is 471. The van der Waals surface area contributed by atoms with Gasteiger partial charge in [0.25, 0.3) is 0 Å². The first kappa shape index (κ1) is 12.8. The monoisotopic (exact) mass is 250 g/mol. The average molecular weight is 250 g/mol. The highest BCUT2D eigenvalue weighted by Crippen LogP contribution is 2.25. The summed E-state index contributed by atoms with van der Waals surface area (Å²) >= 11 is 0. The minimum Gasteiger partial charge on any atom is -0.477 e. The van der Waals surface area contributed by atoms with Crippen LogP contribution < -0.4 is 0 Å². The molecule has 1 N–H and O–H groups in total. The van der Waals surface area contributed by atoms with Gasteiger partial charge in [-0.1, -0.05) is 0 Å². The lowest BCUT2D eigenvalue weighted by atomic mass is 10.1. The summed E-state index contributed by atoms with van der Waals surface area (Å²) in [7, 11) is 2.06. The summed E-state index contributed by atoms with van der Waals surface area (Å²) in [4.78, 5) is 24.8. The van der Waals surface area contributed by atoms with Crippen molar-refractivity contribution in [1.29, 1.82) is 0 Å². The van der Waals surface area contributed by atoms with Crippen molar-refractivity contribution in [2.24, 2.45) is 0 Å². The van der Waals surface area contributed by atoms with Crippen LogP contribution in [0.4, 0.5) is 0 Å². The summed E-state index contributed by atoms with van der Waals surface area (Å²) in [6.07, 6.45) is 3.52. The van der Waals surface area contributed by atoms with E-state index < -0.39 is 5.97 Å². The zero-order chi connectivity index (χ0) is 13.3. The van der Waals surface area contributed by atoms with E-state index in [1.165, 1.54) is 13.0 Å². The summed E-state index contributed by atoms with van der Waals surface area (Å²) in [6, 6.07) is 1.66. The Morgan fingerprint density at radius 2 is 1.94 bits per heavy atom. The Kier molecular flexibility index (Phi) is 3.52. The molecule has 1 aliphatic heterocycles. The number of piperidine rings is 1. The van der Waals surface area contributed by atoms with Crippen LogP contribution in [-0.2, 0) is 0 Å². The van der Waals surface area contributed by atoms with Crippen molar-refractivity contribution < 1.29 is 14.7 Å². The van der Waals surface area contributed by atoms with Gasteiger partial charge in [-0.2, -0.15) is 0 Å². The van der Waals surface area contributed by atoms with E-state index in [0.29, 0.717) is 5.56 Å². The standard InChI is InChI=1S/C13H18N2O3/c1-9(16)10-7-12(13(17)18)15(8-10)11-3-5-14(2)6-4-11/h7-8,11H,3-6H2,1-2H3,(H,17,18). The van der Waals surface area contributed by atoms with Gasteiger partial charge >= 0.3 is 5.97 Å². The number of aromatic carboxylic acids is 1. The van der Waals surface area contributed by atoms with Gasteiger partial charge in [-0.15, -0.1) is 0 Å². The lowest BCUT2D eigenvalue weighted by Gasteiger charge is -2.30. The van der Waals surface area contributed by atoms with Crippen LogP contribution >= 0.6 is 0 Å². The molecule has 98 valence electrons. The molecule has 0 atom stereocenters. The number of carbonyl (C=O) groups excluding carboxylic acids is 1. The molecule has 5 nitrogen and oxygen atoms in total. The van der Waals surface area contributed by atoms with Gasteiger partial charge in [0.15, 0.2) is 5.78 Å². The zero-order valence-electron chi connectivity index (χ0n) is 10.7. The summed E-state index contributed by atoms with van der Waals surface area (Å²) < 4.78 is 1.76. The van der Waals surface area contributed by atoms with Crippen molar-refractivity contribution in [3.8, 4) is 0 Å². The molecule has 0 aromatic carbocycles. The molecular formula is C13H18N2O3. The number of ketones is 1. The Morgan fingerprint density at radius 1 is 1.33 bits per heavy atom.